The van der Waals surface area contributed by atoms with Crippen molar-refractivity contribution in [2.24, 2.45) is 0 Å². The summed E-state index contributed by atoms with van der Waals surface area (Å²) in [6.45, 7) is 1.85. The molecule has 0 unspecified atom stereocenters. The number of hydrogen-bond donors (Lipinski definition) is 3. The number of hydrogen-bond acceptors (Lipinski definition) is 5. The molecule has 0 aliphatic carbocycles. The smallest absolute Gasteiger partial charge is 0.227 e. The molecule has 0 fully saturated rings. The zero-order chi connectivity index (χ0) is 13.1. The number of nitrogens with zero attached hydrogens (tertiary/aromatic N) is 2. The molecule has 0 atom stereocenters. The van der Waals surface area contributed by atoms with Gasteiger partial charge in [-0.25, -0.2) is 9.97 Å². The monoisotopic (exact) mass is 256 g/mol. The summed E-state index contributed by atoms with van der Waals surface area (Å²) in [5.74, 6) is 0.610. The summed E-state index contributed by atoms with van der Waals surface area (Å²) in [7, 11) is 0. The molecule has 1 aromatic carbocycles. The Labute approximate surface area is 111 Å². The van der Waals surface area contributed by atoms with Gasteiger partial charge in [-0.2, -0.15) is 0 Å². The Kier molecular flexibility index (Phi) is 3.39. The summed E-state index contributed by atoms with van der Waals surface area (Å²) in [5.41, 5.74) is 4.10. The zero-order valence-corrected chi connectivity index (χ0v) is 10.6. The van der Waals surface area contributed by atoms with Crippen LogP contribution in [0.4, 0.5) is 11.6 Å². The molecule has 98 valence electrons. The molecule has 0 amide bonds. The molecular weight excluding hydrogens is 240 g/mol. The molecule has 0 saturated heterocycles. The van der Waals surface area contributed by atoms with E-state index in [0.29, 0.717) is 5.95 Å². The van der Waals surface area contributed by atoms with Crippen molar-refractivity contribution in [3.63, 3.8) is 0 Å². The van der Waals surface area contributed by atoms with Gasteiger partial charge in [0.2, 0.25) is 5.95 Å². The molecule has 2 heterocycles. The number of rotatable bonds is 3. The first-order chi connectivity index (χ1) is 9.35. The number of aliphatic hydroxyl groups excluding tert-OH is 1. The zero-order valence-electron chi connectivity index (χ0n) is 10.6. The highest BCUT2D eigenvalue weighted by Gasteiger charge is 2.11. The molecular formula is C14H16N4O. The van der Waals surface area contributed by atoms with E-state index in [9.17, 15) is 0 Å². The van der Waals surface area contributed by atoms with Crippen LogP contribution < -0.4 is 10.6 Å². The standard InChI is InChI=1S/C14H16N4O/c19-9-10-1-3-12(4-2-10)17-14-16-7-11-5-6-15-8-13(11)18-14/h1-4,7,15,19H,5-6,8-9H2,(H,16,17,18). The summed E-state index contributed by atoms with van der Waals surface area (Å²) < 4.78 is 0. The van der Waals surface area contributed by atoms with Crippen molar-refractivity contribution in [1.82, 2.24) is 15.3 Å². The van der Waals surface area contributed by atoms with Crippen LogP contribution in [0.1, 0.15) is 16.8 Å². The van der Waals surface area contributed by atoms with Crippen LogP contribution in [0, 0.1) is 0 Å². The normalized spacial score (nSPS) is 13.9. The minimum absolute atomic E-state index is 0.0568. The molecule has 1 aliphatic rings. The molecule has 1 aromatic heterocycles. The van der Waals surface area contributed by atoms with Crippen LogP contribution in [-0.4, -0.2) is 21.6 Å². The first-order valence-electron chi connectivity index (χ1n) is 6.37. The maximum atomic E-state index is 9.00. The van der Waals surface area contributed by atoms with Crippen molar-refractivity contribution in [1.29, 1.82) is 0 Å². The number of anilines is 2. The fourth-order valence-electron chi connectivity index (χ4n) is 2.12. The van der Waals surface area contributed by atoms with Crippen molar-refractivity contribution < 1.29 is 5.11 Å². The summed E-state index contributed by atoms with van der Waals surface area (Å²) in [4.78, 5) is 8.85. The minimum atomic E-state index is 0.0568. The van der Waals surface area contributed by atoms with E-state index in [4.69, 9.17) is 5.11 Å². The molecule has 5 heteroatoms. The first-order valence-corrected chi connectivity index (χ1v) is 6.37. The summed E-state index contributed by atoms with van der Waals surface area (Å²) >= 11 is 0. The third kappa shape index (κ3) is 2.72. The number of aliphatic hydroxyl groups is 1. The summed E-state index contributed by atoms with van der Waals surface area (Å²) in [5, 5.41) is 15.5. The molecule has 2 aromatic rings. The number of nitrogens with one attached hydrogen (secondary N) is 2. The van der Waals surface area contributed by atoms with Gasteiger partial charge in [0, 0.05) is 18.4 Å². The summed E-state index contributed by atoms with van der Waals surface area (Å²) in [6, 6.07) is 7.57. The molecule has 5 nitrogen and oxygen atoms in total. The molecule has 3 rings (SSSR count). The molecule has 0 bridgehead atoms. The van der Waals surface area contributed by atoms with Gasteiger partial charge in [-0.05, 0) is 36.2 Å². The lowest BCUT2D eigenvalue weighted by Crippen LogP contribution is -2.25. The highest BCUT2D eigenvalue weighted by Crippen LogP contribution is 2.17. The number of benzene rings is 1. The van der Waals surface area contributed by atoms with Crippen LogP contribution in [0.15, 0.2) is 30.5 Å². The van der Waals surface area contributed by atoms with E-state index in [2.05, 4.69) is 20.6 Å². The quantitative estimate of drug-likeness (QED) is 0.773. The van der Waals surface area contributed by atoms with E-state index >= 15 is 0 Å². The van der Waals surface area contributed by atoms with Crippen molar-refractivity contribution >= 4 is 11.6 Å². The van der Waals surface area contributed by atoms with Crippen LogP contribution in [0.2, 0.25) is 0 Å². The predicted octanol–water partition coefficient (Wildman–Crippen LogP) is 1.36. The van der Waals surface area contributed by atoms with Gasteiger partial charge in [-0.15, -0.1) is 0 Å². The second-order valence-electron chi connectivity index (χ2n) is 4.57. The Morgan fingerprint density at radius 3 is 2.89 bits per heavy atom. The van der Waals surface area contributed by atoms with Gasteiger partial charge >= 0.3 is 0 Å². The van der Waals surface area contributed by atoms with E-state index in [0.717, 1.165) is 36.5 Å². The number of fused-ring (bicyclic) bond motifs is 1. The third-order valence-electron chi connectivity index (χ3n) is 3.21. The lowest BCUT2D eigenvalue weighted by atomic mass is 10.1. The summed E-state index contributed by atoms with van der Waals surface area (Å²) in [6.07, 6.45) is 2.88. The van der Waals surface area contributed by atoms with Crippen LogP contribution in [0.25, 0.3) is 0 Å². The van der Waals surface area contributed by atoms with Crippen molar-refractivity contribution in [2.75, 3.05) is 11.9 Å². The Balaban J connectivity index is 1.78. The van der Waals surface area contributed by atoms with Gasteiger partial charge in [-0.3, -0.25) is 0 Å². The van der Waals surface area contributed by atoms with Crippen molar-refractivity contribution in [3.8, 4) is 0 Å². The van der Waals surface area contributed by atoms with Gasteiger partial charge < -0.3 is 15.7 Å². The van der Waals surface area contributed by atoms with Crippen LogP contribution >= 0.6 is 0 Å². The SMILES string of the molecule is OCc1ccc(Nc2ncc3c(n2)CNCC3)cc1. The van der Waals surface area contributed by atoms with Crippen LogP contribution in [0.5, 0.6) is 0 Å². The molecule has 0 radical (unpaired) electrons. The average Bonchev–Trinajstić information content (AvgIpc) is 2.48. The van der Waals surface area contributed by atoms with Crippen LogP contribution in [-0.2, 0) is 19.6 Å². The molecule has 0 spiro atoms. The Morgan fingerprint density at radius 2 is 2.11 bits per heavy atom. The van der Waals surface area contributed by atoms with E-state index in [1.54, 1.807) is 0 Å². The van der Waals surface area contributed by atoms with Gasteiger partial charge in [0.15, 0.2) is 0 Å². The van der Waals surface area contributed by atoms with Crippen molar-refractivity contribution in [2.45, 2.75) is 19.6 Å². The van der Waals surface area contributed by atoms with Crippen LogP contribution in [0.3, 0.4) is 0 Å². The Morgan fingerprint density at radius 1 is 1.26 bits per heavy atom. The third-order valence-corrected chi connectivity index (χ3v) is 3.21. The molecule has 1 aliphatic heterocycles. The van der Waals surface area contributed by atoms with Gasteiger partial charge in [0.05, 0.1) is 12.3 Å². The highest BCUT2D eigenvalue weighted by atomic mass is 16.3. The predicted molar refractivity (Wildman–Crippen MR) is 73.1 cm³/mol. The van der Waals surface area contributed by atoms with E-state index in [1.807, 2.05) is 30.5 Å². The average molecular weight is 256 g/mol. The largest absolute Gasteiger partial charge is 0.392 e. The van der Waals surface area contributed by atoms with E-state index in [-0.39, 0.29) is 6.61 Å². The van der Waals surface area contributed by atoms with E-state index < -0.39 is 0 Å². The lowest BCUT2D eigenvalue weighted by molar-refractivity contribution is 0.282. The lowest BCUT2D eigenvalue weighted by Gasteiger charge is -2.16. The maximum Gasteiger partial charge on any atom is 0.227 e. The van der Waals surface area contributed by atoms with Gasteiger partial charge in [0.25, 0.3) is 0 Å². The fraction of sp³-hybridized carbons (Fsp3) is 0.286. The minimum Gasteiger partial charge on any atom is -0.392 e. The van der Waals surface area contributed by atoms with E-state index in [1.165, 1.54) is 5.56 Å². The Bertz CT molecular complexity index is 568. The molecule has 19 heavy (non-hydrogen) atoms. The Hall–Kier alpha value is -1.98. The number of aromatic nitrogens is 2. The highest BCUT2D eigenvalue weighted by molar-refractivity contribution is 5.53. The molecule has 0 saturated carbocycles. The van der Waals surface area contributed by atoms with Crippen molar-refractivity contribution in [3.05, 3.63) is 47.3 Å². The van der Waals surface area contributed by atoms with Gasteiger partial charge in [-0.1, -0.05) is 12.1 Å². The maximum absolute atomic E-state index is 9.00. The second-order valence-corrected chi connectivity index (χ2v) is 4.57. The van der Waals surface area contributed by atoms with Gasteiger partial charge in [0.1, 0.15) is 0 Å². The topological polar surface area (TPSA) is 70.1 Å². The first kappa shape index (κ1) is 12.1. The molecule has 3 N–H and O–H groups in total. The second kappa shape index (κ2) is 5.34. The fourth-order valence-corrected chi connectivity index (χ4v) is 2.12.